The van der Waals surface area contributed by atoms with Gasteiger partial charge >= 0.3 is 6.18 Å². The third-order valence-electron chi connectivity index (χ3n) is 3.70. The first-order valence-corrected chi connectivity index (χ1v) is 7.54. The standard InChI is InChI=1S/C15H16ClF3N2O3/c1-24-5-4-21-8-9(6-13(21)22)14(23)20-12-3-2-10(16)7-11(12)15(17,18)19/h2-3,7,9H,4-6,8H2,1H3,(H,20,23). The van der Waals surface area contributed by atoms with Gasteiger partial charge in [-0.1, -0.05) is 11.6 Å². The monoisotopic (exact) mass is 364 g/mol. The summed E-state index contributed by atoms with van der Waals surface area (Å²) in [4.78, 5) is 25.5. The molecule has 1 aromatic carbocycles. The average Bonchev–Trinajstić information content (AvgIpc) is 2.87. The molecule has 1 atom stereocenters. The van der Waals surface area contributed by atoms with Crippen molar-refractivity contribution in [3.05, 3.63) is 28.8 Å². The predicted molar refractivity (Wildman–Crippen MR) is 81.6 cm³/mol. The van der Waals surface area contributed by atoms with Gasteiger partial charge in [0.2, 0.25) is 11.8 Å². The Kier molecular flexibility index (Phi) is 5.71. The van der Waals surface area contributed by atoms with Crippen molar-refractivity contribution in [1.29, 1.82) is 0 Å². The Balaban J connectivity index is 2.10. The number of carbonyl (C=O) groups is 2. The number of rotatable bonds is 5. The minimum absolute atomic E-state index is 0.0372. The van der Waals surface area contributed by atoms with E-state index in [1.54, 1.807) is 0 Å². The Morgan fingerprint density at radius 1 is 1.46 bits per heavy atom. The zero-order valence-electron chi connectivity index (χ0n) is 12.8. The number of halogens is 4. The number of ether oxygens (including phenoxy) is 1. The molecule has 132 valence electrons. The summed E-state index contributed by atoms with van der Waals surface area (Å²) in [6.45, 7) is 0.826. The smallest absolute Gasteiger partial charge is 0.383 e. The van der Waals surface area contributed by atoms with Crippen LogP contribution in [0.2, 0.25) is 5.02 Å². The molecule has 24 heavy (non-hydrogen) atoms. The molecule has 1 fully saturated rings. The number of benzene rings is 1. The van der Waals surface area contributed by atoms with Crippen LogP contribution >= 0.6 is 11.6 Å². The normalized spacial score (nSPS) is 18.1. The number of carbonyl (C=O) groups excluding carboxylic acids is 2. The molecule has 1 aliphatic heterocycles. The fourth-order valence-corrected chi connectivity index (χ4v) is 2.63. The maximum Gasteiger partial charge on any atom is 0.418 e. The fraction of sp³-hybridized carbons (Fsp3) is 0.467. The van der Waals surface area contributed by atoms with Crippen molar-refractivity contribution in [2.75, 3.05) is 32.1 Å². The SMILES string of the molecule is COCCN1CC(C(=O)Nc2ccc(Cl)cc2C(F)(F)F)CC1=O. The highest BCUT2D eigenvalue weighted by atomic mass is 35.5. The summed E-state index contributed by atoms with van der Waals surface area (Å²) in [5.41, 5.74) is -1.40. The fourth-order valence-electron chi connectivity index (χ4n) is 2.46. The number of methoxy groups -OCH3 is 1. The number of likely N-dealkylation sites (tertiary alicyclic amines) is 1. The minimum Gasteiger partial charge on any atom is -0.383 e. The predicted octanol–water partition coefficient (Wildman–Crippen LogP) is 2.79. The Bertz CT molecular complexity index is 637. The third kappa shape index (κ3) is 4.39. The largest absolute Gasteiger partial charge is 0.418 e. The van der Waals surface area contributed by atoms with E-state index in [-0.39, 0.29) is 29.6 Å². The Hall–Kier alpha value is -1.80. The molecule has 1 heterocycles. The number of hydrogen-bond donors (Lipinski definition) is 1. The van der Waals surface area contributed by atoms with Crippen LogP contribution in [0.15, 0.2) is 18.2 Å². The highest BCUT2D eigenvalue weighted by Crippen LogP contribution is 2.36. The molecule has 0 bridgehead atoms. The second-order valence-electron chi connectivity index (χ2n) is 5.41. The Morgan fingerprint density at radius 3 is 2.79 bits per heavy atom. The number of nitrogens with zero attached hydrogens (tertiary/aromatic N) is 1. The van der Waals surface area contributed by atoms with Crippen molar-refractivity contribution in [2.24, 2.45) is 5.92 Å². The molecule has 1 unspecified atom stereocenters. The Labute approximate surface area is 141 Å². The third-order valence-corrected chi connectivity index (χ3v) is 3.93. The summed E-state index contributed by atoms with van der Waals surface area (Å²) >= 11 is 5.60. The second-order valence-corrected chi connectivity index (χ2v) is 5.85. The van der Waals surface area contributed by atoms with Gasteiger partial charge in [-0.15, -0.1) is 0 Å². The first-order chi connectivity index (χ1) is 11.2. The van der Waals surface area contributed by atoms with Crippen molar-refractivity contribution in [3.8, 4) is 0 Å². The van der Waals surface area contributed by atoms with Gasteiger partial charge in [0.25, 0.3) is 0 Å². The second kappa shape index (κ2) is 7.40. The Morgan fingerprint density at radius 2 is 2.17 bits per heavy atom. The zero-order chi connectivity index (χ0) is 17.9. The van der Waals surface area contributed by atoms with Gasteiger partial charge < -0.3 is 15.0 Å². The lowest BCUT2D eigenvalue weighted by Gasteiger charge is -2.17. The summed E-state index contributed by atoms with van der Waals surface area (Å²) in [5.74, 6) is -1.55. The number of anilines is 1. The molecule has 0 radical (unpaired) electrons. The van der Waals surface area contributed by atoms with E-state index in [1.165, 1.54) is 18.1 Å². The van der Waals surface area contributed by atoms with Gasteiger partial charge in [-0.2, -0.15) is 13.2 Å². The summed E-state index contributed by atoms with van der Waals surface area (Å²) in [6.07, 6.45) is -4.69. The molecule has 5 nitrogen and oxygen atoms in total. The maximum atomic E-state index is 13.0. The van der Waals surface area contributed by atoms with E-state index in [9.17, 15) is 22.8 Å². The van der Waals surface area contributed by atoms with Gasteiger partial charge in [-0.25, -0.2) is 0 Å². The molecular weight excluding hydrogens is 349 g/mol. The molecule has 2 rings (SSSR count). The number of alkyl halides is 3. The molecule has 0 spiro atoms. The quantitative estimate of drug-likeness (QED) is 0.874. The van der Waals surface area contributed by atoms with Crippen LogP contribution in [-0.4, -0.2) is 43.5 Å². The lowest BCUT2D eigenvalue weighted by atomic mass is 10.1. The molecule has 1 aromatic rings. The highest BCUT2D eigenvalue weighted by molar-refractivity contribution is 6.30. The van der Waals surface area contributed by atoms with Gasteiger partial charge in [-0.3, -0.25) is 9.59 Å². The lowest BCUT2D eigenvalue weighted by molar-refractivity contribution is -0.137. The van der Waals surface area contributed by atoms with E-state index in [0.717, 1.165) is 12.1 Å². The summed E-state index contributed by atoms with van der Waals surface area (Å²) in [5, 5.41) is 2.17. The molecule has 2 amide bonds. The van der Waals surface area contributed by atoms with Crippen LogP contribution in [0.5, 0.6) is 0 Å². The van der Waals surface area contributed by atoms with E-state index in [0.29, 0.717) is 13.2 Å². The van der Waals surface area contributed by atoms with E-state index >= 15 is 0 Å². The molecule has 1 saturated heterocycles. The minimum atomic E-state index is -4.65. The lowest BCUT2D eigenvalue weighted by Crippen LogP contribution is -2.31. The van der Waals surface area contributed by atoms with Gasteiger partial charge in [-0.05, 0) is 18.2 Å². The van der Waals surface area contributed by atoms with E-state index in [4.69, 9.17) is 16.3 Å². The average molecular weight is 365 g/mol. The van der Waals surface area contributed by atoms with Crippen LogP contribution in [0, 0.1) is 5.92 Å². The first-order valence-electron chi connectivity index (χ1n) is 7.16. The van der Waals surface area contributed by atoms with Crippen LogP contribution in [0.3, 0.4) is 0 Å². The maximum absolute atomic E-state index is 13.0. The topological polar surface area (TPSA) is 58.6 Å². The molecule has 1 N–H and O–H groups in total. The molecular formula is C15H16ClF3N2O3. The van der Waals surface area contributed by atoms with Crippen molar-refractivity contribution in [3.63, 3.8) is 0 Å². The van der Waals surface area contributed by atoms with Crippen molar-refractivity contribution in [1.82, 2.24) is 4.90 Å². The van der Waals surface area contributed by atoms with Crippen molar-refractivity contribution < 1.29 is 27.5 Å². The first kappa shape index (κ1) is 18.5. The number of hydrogen-bond acceptors (Lipinski definition) is 3. The van der Waals surface area contributed by atoms with Crippen molar-refractivity contribution in [2.45, 2.75) is 12.6 Å². The van der Waals surface area contributed by atoms with Gasteiger partial charge in [0.05, 0.1) is 23.8 Å². The molecule has 0 aliphatic carbocycles. The molecule has 0 saturated carbocycles. The van der Waals surface area contributed by atoms with Crippen molar-refractivity contribution >= 4 is 29.1 Å². The summed E-state index contributed by atoms with van der Waals surface area (Å²) < 4.78 is 44.0. The molecule has 1 aliphatic rings. The number of nitrogens with one attached hydrogen (secondary N) is 1. The molecule has 9 heteroatoms. The molecule has 0 aromatic heterocycles. The van der Waals surface area contributed by atoms with Crippen LogP contribution in [0.4, 0.5) is 18.9 Å². The van der Waals surface area contributed by atoms with Gasteiger partial charge in [0.1, 0.15) is 0 Å². The number of amides is 2. The van der Waals surface area contributed by atoms with E-state index in [1.807, 2.05) is 0 Å². The van der Waals surface area contributed by atoms with Gasteiger partial charge in [0, 0.05) is 31.6 Å². The van der Waals surface area contributed by atoms with Crippen LogP contribution < -0.4 is 5.32 Å². The highest BCUT2D eigenvalue weighted by Gasteiger charge is 2.37. The van der Waals surface area contributed by atoms with Gasteiger partial charge in [0.15, 0.2) is 0 Å². The van der Waals surface area contributed by atoms with E-state index in [2.05, 4.69) is 5.32 Å². The zero-order valence-corrected chi connectivity index (χ0v) is 13.6. The van der Waals surface area contributed by atoms with Crippen LogP contribution in [0.25, 0.3) is 0 Å². The van der Waals surface area contributed by atoms with Crippen LogP contribution in [0.1, 0.15) is 12.0 Å². The summed E-state index contributed by atoms with van der Waals surface area (Å²) in [6, 6.07) is 3.11. The van der Waals surface area contributed by atoms with Crippen LogP contribution in [-0.2, 0) is 20.5 Å². The van der Waals surface area contributed by atoms with E-state index < -0.39 is 23.6 Å². The summed E-state index contributed by atoms with van der Waals surface area (Å²) in [7, 11) is 1.49.